The summed E-state index contributed by atoms with van der Waals surface area (Å²) >= 11 is 0. The zero-order valence-electron chi connectivity index (χ0n) is 14.9. The second-order valence-electron chi connectivity index (χ2n) is 5.99. The molecule has 1 saturated heterocycles. The molecule has 1 aromatic carbocycles. The Hall–Kier alpha value is -0.860. The van der Waals surface area contributed by atoms with Gasteiger partial charge in [-0.2, -0.15) is 0 Å². The molecule has 0 radical (unpaired) electrons. The molecule has 2 heteroatoms. The Bertz CT molecular complexity index is 532. The van der Waals surface area contributed by atoms with E-state index in [-0.39, 0.29) is 23.5 Å². The summed E-state index contributed by atoms with van der Waals surface area (Å²) in [5, 5.41) is 0. The van der Waals surface area contributed by atoms with Crippen molar-refractivity contribution in [3.63, 3.8) is 0 Å². The van der Waals surface area contributed by atoms with E-state index in [0.717, 1.165) is 43.0 Å². The standard InChI is InChI=1S/C16H25NO/c1-13-6-5-7-14(15(13)16(2,3)4)12-17-8-10-18-11-9-17/h5-7H,8-12H2,1-4H3/i5D,6D,7D. The number of morpholine rings is 1. The third kappa shape index (κ3) is 3.12. The van der Waals surface area contributed by atoms with E-state index in [1.165, 1.54) is 0 Å². The molecule has 1 heterocycles. The molecule has 0 N–H and O–H groups in total. The van der Waals surface area contributed by atoms with Crippen LogP contribution in [0.5, 0.6) is 0 Å². The summed E-state index contributed by atoms with van der Waals surface area (Å²) in [5.41, 5.74) is 2.67. The second kappa shape index (κ2) is 5.41. The lowest BCUT2D eigenvalue weighted by molar-refractivity contribution is 0.0340. The third-order valence-electron chi connectivity index (χ3n) is 3.38. The van der Waals surface area contributed by atoms with E-state index < -0.39 is 0 Å². The quantitative estimate of drug-likeness (QED) is 0.799. The van der Waals surface area contributed by atoms with Crippen LogP contribution in [-0.2, 0) is 16.7 Å². The average Bonchev–Trinajstić information content (AvgIpc) is 2.42. The minimum absolute atomic E-state index is 0.0451. The highest BCUT2D eigenvalue weighted by molar-refractivity contribution is 5.39. The lowest BCUT2D eigenvalue weighted by Gasteiger charge is -2.31. The molecular weight excluding hydrogens is 222 g/mol. The number of rotatable bonds is 2. The van der Waals surface area contributed by atoms with E-state index in [2.05, 4.69) is 25.7 Å². The Morgan fingerprint density at radius 3 is 2.56 bits per heavy atom. The van der Waals surface area contributed by atoms with E-state index in [1.54, 1.807) is 0 Å². The number of nitrogens with zero attached hydrogens (tertiary/aromatic N) is 1. The monoisotopic (exact) mass is 250 g/mol. The molecule has 1 fully saturated rings. The van der Waals surface area contributed by atoms with Gasteiger partial charge >= 0.3 is 0 Å². The summed E-state index contributed by atoms with van der Waals surface area (Å²) in [7, 11) is 0. The SMILES string of the molecule is [2H]c1c([2H])c(C)c(C(C)(C)C)c(CN2CCOCC2)c1[2H]. The van der Waals surface area contributed by atoms with E-state index in [0.29, 0.717) is 6.54 Å². The number of hydrogen-bond acceptors (Lipinski definition) is 2. The summed E-state index contributed by atoms with van der Waals surface area (Å²) in [6.07, 6.45) is 0. The van der Waals surface area contributed by atoms with Crippen LogP contribution in [0.4, 0.5) is 0 Å². The fourth-order valence-electron chi connectivity index (χ4n) is 2.67. The first-order valence-corrected chi connectivity index (χ1v) is 6.63. The topological polar surface area (TPSA) is 12.5 Å². The number of hydrogen-bond donors (Lipinski definition) is 0. The normalized spacial score (nSPS) is 20.3. The van der Waals surface area contributed by atoms with Gasteiger partial charge in [-0.1, -0.05) is 38.9 Å². The fourth-order valence-corrected chi connectivity index (χ4v) is 2.67. The highest BCUT2D eigenvalue weighted by atomic mass is 16.5. The van der Waals surface area contributed by atoms with E-state index in [9.17, 15) is 0 Å². The van der Waals surface area contributed by atoms with Gasteiger partial charge in [-0.3, -0.25) is 4.90 Å². The van der Waals surface area contributed by atoms with Crippen LogP contribution in [0.1, 0.15) is 41.6 Å². The maximum atomic E-state index is 8.31. The molecule has 1 aliphatic heterocycles. The van der Waals surface area contributed by atoms with Crippen LogP contribution < -0.4 is 0 Å². The summed E-state index contributed by atoms with van der Waals surface area (Å²) < 4.78 is 29.8. The molecule has 0 saturated carbocycles. The molecule has 0 atom stereocenters. The minimum atomic E-state index is -0.134. The predicted molar refractivity (Wildman–Crippen MR) is 76.0 cm³/mol. The van der Waals surface area contributed by atoms with Crippen molar-refractivity contribution < 1.29 is 8.85 Å². The molecule has 2 rings (SSSR count). The average molecular weight is 250 g/mol. The van der Waals surface area contributed by atoms with Gasteiger partial charge in [-0.05, 0) is 29.0 Å². The van der Waals surface area contributed by atoms with Crippen molar-refractivity contribution in [3.05, 3.63) is 34.8 Å². The molecule has 2 nitrogen and oxygen atoms in total. The molecule has 1 aromatic rings. The highest BCUT2D eigenvalue weighted by Gasteiger charge is 2.21. The molecular formula is C16H25NO. The van der Waals surface area contributed by atoms with Gasteiger partial charge in [0, 0.05) is 19.6 Å². The van der Waals surface area contributed by atoms with Crippen LogP contribution in [0.2, 0.25) is 0 Å². The van der Waals surface area contributed by atoms with Crippen LogP contribution in [0, 0.1) is 6.92 Å². The number of benzene rings is 1. The maximum Gasteiger partial charge on any atom is 0.0626 e. The largest absolute Gasteiger partial charge is 0.379 e. The number of ether oxygens (including phenoxy) is 1. The first-order valence-electron chi connectivity index (χ1n) is 8.13. The van der Waals surface area contributed by atoms with Crippen molar-refractivity contribution in [2.45, 2.75) is 39.7 Å². The third-order valence-corrected chi connectivity index (χ3v) is 3.38. The van der Waals surface area contributed by atoms with Gasteiger partial charge in [0.05, 0.1) is 17.3 Å². The lowest BCUT2D eigenvalue weighted by Crippen LogP contribution is -2.36. The Labute approximate surface area is 115 Å². The molecule has 100 valence electrons. The summed E-state index contributed by atoms with van der Waals surface area (Å²) in [6.45, 7) is 12.1. The molecule has 0 aromatic heterocycles. The maximum absolute atomic E-state index is 8.31. The second-order valence-corrected chi connectivity index (χ2v) is 5.99. The minimum Gasteiger partial charge on any atom is -0.379 e. The highest BCUT2D eigenvalue weighted by Crippen LogP contribution is 2.29. The summed E-state index contributed by atoms with van der Waals surface area (Å²) in [5.74, 6) is 0. The van der Waals surface area contributed by atoms with Crippen LogP contribution in [-0.4, -0.2) is 31.2 Å². The van der Waals surface area contributed by atoms with Gasteiger partial charge in [0.1, 0.15) is 0 Å². The van der Waals surface area contributed by atoms with Crippen molar-refractivity contribution in [3.8, 4) is 0 Å². The molecule has 0 spiro atoms. The Morgan fingerprint density at radius 2 is 1.94 bits per heavy atom. The van der Waals surface area contributed by atoms with Crippen molar-refractivity contribution >= 4 is 0 Å². The van der Waals surface area contributed by atoms with Crippen molar-refractivity contribution in [2.24, 2.45) is 0 Å². The van der Waals surface area contributed by atoms with Crippen LogP contribution in [0.15, 0.2) is 18.1 Å². The van der Waals surface area contributed by atoms with Crippen molar-refractivity contribution in [2.75, 3.05) is 26.3 Å². The van der Waals surface area contributed by atoms with Crippen molar-refractivity contribution in [1.82, 2.24) is 4.90 Å². The van der Waals surface area contributed by atoms with Crippen LogP contribution >= 0.6 is 0 Å². The van der Waals surface area contributed by atoms with E-state index >= 15 is 0 Å². The van der Waals surface area contributed by atoms with Gasteiger partial charge in [0.15, 0.2) is 0 Å². The summed E-state index contributed by atoms with van der Waals surface area (Å²) in [6, 6.07) is 0.446. The zero-order chi connectivity index (χ0) is 15.8. The molecule has 0 bridgehead atoms. The van der Waals surface area contributed by atoms with Gasteiger partial charge in [0.25, 0.3) is 0 Å². The molecule has 18 heavy (non-hydrogen) atoms. The smallest absolute Gasteiger partial charge is 0.0626 e. The van der Waals surface area contributed by atoms with Gasteiger partial charge in [0.2, 0.25) is 0 Å². The Morgan fingerprint density at radius 1 is 1.28 bits per heavy atom. The van der Waals surface area contributed by atoms with Gasteiger partial charge in [-0.15, -0.1) is 0 Å². The molecule has 1 aliphatic rings. The molecule has 0 amide bonds. The van der Waals surface area contributed by atoms with Crippen molar-refractivity contribution in [1.29, 1.82) is 0 Å². The predicted octanol–water partition coefficient (Wildman–Crippen LogP) is 3.12. The summed E-state index contributed by atoms with van der Waals surface area (Å²) in [4.78, 5) is 2.27. The first kappa shape index (κ1) is 9.99. The van der Waals surface area contributed by atoms with Gasteiger partial charge in [-0.25, -0.2) is 0 Å². The fraction of sp³-hybridized carbons (Fsp3) is 0.625. The zero-order valence-corrected chi connectivity index (χ0v) is 11.9. The van der Waals surface area contributed by atoms with E-state index in [1.807, 2.05) is 6.92 Å². The molecule has 0 aliphatic carbocycles. The Balaban J connectivity index is 2.51. The van der Waals surface area contributed by atoms with E-state index in [4.69, 9.17) is 8.85 Å². The van der Waals surface area contributed by atoms with Gasteiger partial charge < -0.3 is 4.74 Å². The first-order chi connectivity index (χ1) is 9.73. The lowest BCUT2D eigenvalue weighted by atomic mass is 9.81. The molecule has 0 unspecified atom stereocenters. The van der Waals surface area contributed by atoms with Crippen LogP contribution in [0.25, 0.3) is 0 Å². The Kier molecular flexibility index (Phi) is 3.01. The van der Waals surface area contributed by atoms with Crippen LogP contribution in [0.3, 0.4) is 0 Å².